The van der Waals surface area contributed by atoms with Gasteiger partial charge >= 0.3 is 5.97 Å². The summed E-state index contributed by atoms with van der Waals surface area (Å²) in [7, 11) is 0. The van der Waals surface area contributed by atoms with Gasteiger partial charge in [-0.2, -0.15) is 0 Å². The van der Waals surface area contributed by atoms with E-state index in [1.54, 1.807) is 19.1 Å². The highest BCUT2D eigenvalue weighted by Crippen LogP contribution is 2.14. The summed E-state index contributed by atoms with van der Waals surface area (Å²) in [6.07, 6.45) is 3.67. The van der Waals surface area contributed by atoms with Crippen molar-refractivity contribution < 1.29 is 19.5 Å². The highest BCUT2D eigenvalue weighted by Gasteiger charge is 2.19. The molecule has 0 saturated heterocycles. The molecule has 5 heteroatoms. The number of amides is 1. The van der Waals surface area contributed by atoms with E-state index >= 15 is 0 Å². The van der Waals surface area contributed by atoms with E-state index in [-0.39, 0.29) is 25.0 Å². The Morgan fingerprint density at radius 1 is 1.22 bits per heavy atom. The number of nitrogens with one attached hydrogen (secondary N) is 1. The molecule has 1 aromatic rings. The number of carboxylic acid groups (broad SMARTS) is 1. The predicted octanol–water partition coefficient (Wildman–Crippen LogP) is 2.80. The molecule has 1 unspecified atom stereocenters. The quantitative estimate of drug-likeness (QED) is 0.570. The van der Waals surface area contributed by atoms with Crippen molar-refractivity contribution in [1.82, 2.24) is 5.32 Å². The van der Waals surface area contributed by atoms with Crippen LogP contribution in [-0.4, -0.2) is 28.8 Å². The number of carbonyl (C=O) groups is 3. The maximum atomic E-state index is 12.2. The van der Waals surface area contributed by atoms with Crippen LogP contribution >= 0.6 is 0 Å². The van der Waals surface area contributed by atoms with Crippen molar-refractivity contribution in [2.75, 3.05) is 0 Å². The lowest BCUT2D eigenvalue weighted by Gasteiger charge is -2.12. The number of hydrogen-bond acceptors (Lipinski definition) is 3. The monoisotopic (exact) mass is 317 g/mol. The zero-order chi connectivity index (χ0) is 17.4. The van der Waals surface area contributed by atoms with Gasteiger partial charge in [0.15, 0.2) is 5.78 Å². The number of ketones is 1. The number of allylic oxidation sites excluding steroid dienone is 1. The first-order valence-corrected chi connectivity index (χ1v) is 7.59. The molecule has 2 N–H and O–H groups in total. The van der Waals surface area contributed by atoms with E-state index in [4.69, 9.17) is 5.11 Å². The van der Waals surface area contributed by atoms with E-state index in [1.165, 1.54) is 0 Å². The van der Waals surface area contributed by atoms with Gasteiger partial charge < -0.3 is 10.4 Å². The Morgan fingerprint density at radius 2 is 1.91 bits per heavy atom. The van der Waals surface area contributed by atoms with Crippen LogP contribution in [-0.2, 0) is 9.59 Å². The first-order chi connectivity index (χ1) is 10.8. The predicted molar refractivity (Wildman–Crippen MR) is 88.5 cm³/mol. The van der Waals surface area contributed by atoms with E-state index in [0.717, 1.165) is 11.1 Å². The summed E-state index contributed by atoms with van der Waals surface area (Å²) in [5.74, 6) is -1.63. The van der Waals surface area contributed by atoms with E-state index in [0.29, 0.717) is 5.56 Å². The summed E-state index contributed by atoms with van der Waals surface area (Å²) in [5.41, 5.74) is 2.47. The van der Waals surface area contributed by atoms with Crippen LogP contribution in [0.4, 0.5) is 0 Å². The molecule has 0 aliphatic carbocycles. The van der Waals surface area contributed by atoms with Crippen LogP contribution in [0.2, 0.25) is 0 Å². The zero-order valence-corrected chi connectivity index (χ0v) is 13.8. The van der Waals surface area contributed by atoms with E-state index in [2.05, 4.69) is 5.32 Å². The standard InChI is InChI=1S/C18H23NO4/c1-4-5-6-15(18(22)23)19-17(21)10-9-16(20)14-11-12(2)7-8-13(14)3/h4-5,7-8,11,15H,6,9-10H2,1-3H3,(H,19,21)(H,22,23)/b5-4+. The summed E-state index contributed by atoms with van der Waals surface area (Å²) in [6, 6.07) is 4.65. The molecule has 0 spiro atoms. The number of carbonyl (C=O) groups excluding carboxylic acids is 2. The lowest BCUT2D eigenvalue weighted by molar-refractivity contribution is -0.141. The second-order valence-corrected chi connectivity index (χ2v) is 5.50. The van der Waals surface area contributed by atoms with Crippen molar-refractivity contribution >= 4 is 17.7 Å². The minimum Gasteiger partial charge on any atom is -0.480 e. The largest absolute Gasteiger partial charge is 0.480 e. The molecule has 124 valence electrons. The van der Waals surface area contributed by atoms with Gasteiger partial charge in [0.05, 0.1) is 0 Å². The smallest absolute Gasteiger partial charge is 0.326 e. The normalized spacial score (nSPS) is 12.1. The highest BCUT2D eigenvalue weighted by molar-refractivity contribution is 5.99. The Hall–Kier alpha value is -2.43. The van der Waals surface area contributed by atoms with Gasteiger partial charge in [0.1, 0.15) is 6.04 Å². The number of benzene rings is 1. The molecule has 0 aliphatic heterocycles. The van der Waals surface area contributed by atoms with Gasteiger partial charge in [0.25, 0.3) is 0 Å². The van der Waals surface area contributed by atoms with Gasteiger partial charge in [-0.05, 0) is 38.8 Å². The molecule has 0 aromatic heterocycles. The first kappa shape index (κ1) is 18.6. The average Bonchev–Trinajstić information content (AvgIpc) is 2.51. The van der Waals surface area contributed by atoms with Crippen LogP contribution in [0.3, 0.4) is 0 Å². The Morgan fingerprint density at radius 3 is 2.52 bits per heavy atom. The fourth-order valence-electron chi connectivity index (χ4n) is 2.16. The molecule has 0 fully saturated rings. The summed E-state index contributed by atoms with van der Waals surface area (Å²) in [4.78, 5) is 35.1. The van der Waals surface area contributed by atoms with Crippen LogP contribution in [0.15, 0.2) is 30.4 Å². The van der Waals surface area contributed by atoms with Crippen LogP contribution in [0.5, 0.6) is 0 Å². The summed E-state index contributed by atoms with van der Waals surface area (Å²) >= 11 is 0. The number of Topliss-reactive ketones (excluding diaryl/α,β-unsaturated/α-hetero) is 1. The summed E-state index contributed by atoms with van der Waals surface area (Å²) in [6.45, 7) is 5.54. The van der Waals surface area contributed by atoms with Crippen molar-refractivity contribution in [1.29, 1.82) is 0 Å². The lowest BCUT2D eigenvalue weighted by Crippen LogP contribution is -2.40. The minimum atomic E-state index is -1.09. The van der Waals surface area contributed by atoms with E-state index < -0.39 is 17.9 Å². The summed E-state index contributed by atoms with van der Waals surface area (Å²) < 4.78 is 0. The number of aliphatic carboxylic acids is 1. The Kier molecular flexibility index (Phi) is 7.19. The molecular weight excluding hydrogens is 294 g/mol. The molecule has 1 aromatic carbocycles. The Labute approximate surface area is 136 Å². The molecule has 0 radical (unpaired) electrons. The average molecular weight is 317 g/mol. The Bertz CT molecular complexity index is 619. The lowest BCUT2D eigenvalue weighted by atomic mass is 9.99. The van der Waals surface area contributed by atoms with Crippen molar-refractivity contribution in [3.8, 4) is 0 Å². The SMILES string of the molecule is C/C=C/CC(NC(=O)CCC(=O)c1cc(C)ccc1C)C(=O)O. The minimum absolute atomic E-state index is 0.0220. The highest BCUT2D eigenvalue weighted by atomic mass is 16.4. The Balaban J connectivity index is 2.59. The number of rotatable bonds is 8. The van der Waals surface area contributed by atoms with Crippen molar-refractivity contribution in [2.24, 2.45) is 0 Å². The summed E-state index contributed by atoms with van der Waals surface area (Å²) in [5, 5.41) is 11.5. The molecule has 23 heavy (non-hydrogen) atoms. The number of aryl methyl sites for hydroxylation is 2. The van der Waals surface area contributed by atoms with Gasteiger partial charge in [-0.15, -0.1) is 0 Å². The van der Waals surface area contributed by atoms with E-state index in [1.807, 2.05) is 32.0 Å². The molecule has 1 atom stereocenters. The zero-order valence-electron chi connectivity index (χ0n) is 13.8. The third kappa shape index (κ3) is 6.06. The van der Waals surface area contributed by atoms with Gasteiger partial charge in [-0.25, -0.2) is 4.79 Å². The van der Waals surface area contributed by atoms with Gasteiger partial charge in [-0.3, -0.25) is 9.59 Å². The first-order valence-electron chi connectivity index (χ1n) is 7.59. The fraction of sp³-hybridized carbons (Fsp3) is 0.389. The van der Waals surface area contributed by atoms with Crippen molar-refractivity contribution in [3.63, 3.8) is 0 Å². The van der Waals surface area contributed by atoms with Crippen LogP contribution in [0, 0.1) is 13.8 Å². The maximum Gasteiger partial charge on any atom is 0.326 e. The molecule has 0 saturated carbocycles. The van der Waals surface area contributed by atoms with Crippen LogP contribution in [0.25, 0.3) is 0 Å². The van der Waals surface area contributed by atoms with Gasteiger partial charge in [-0.1, -0.05) is 29.8 Å². The fourth-order valence-corrected chi connectivity index (χ4v) is 2.16. The van der Waals surface area contributed by atoms with E-state index in [9.17, 15) is 14.4 Å². The topological polar surface area (TPSA) is 83.5 Å². The molecule has 1 rings (SSSR count). The second-order valence-electron chi connectivity index (χ2n) is 5.50. The van der Waals surface area contributed by atoms with Crippen LogP contribution in [0.1, 0.15) is 47.7 Å². The van der Waals surface area contributed by atoms with Crippen molar-refractivity contribution in [3.05, 3.63) is 47.0 Å². The number of carboxylic acids is 1. The third-order valence-corrected chi connectivity index (χ3v) is 3.51. The van der Waals surface area contributed by atoms with Crippen LogP contribution < -0.4 is 5.32 Å². The molecule has 1 amide bonds. The maximum absolute atomic E-state index is 12.2. The molecule has 0 aliphatic rings. The molecule has 0 heterocycles. The van der Waals surface area contributed by atoms with Crippen molar-refractivity contribution in [2.45, 2.75) is 46.1 Å². The molecule has 5 nitrogen and oxygen atoms in total. The molecular formula is C18H23NO4. The van der Waals surface area contributed by atoms with Gasteiger partial charge in [0.2, 0.25) is 5.91 Å². The van der Waals surface area contributed by atoms with Gasteiger partial charge in [0, 0.05) is 18.4 Å². The number of hydrogen-bond donors (Lipinski definition) is 2. The second kappa shape index (κ2) is 8.88. The molecule has 0 bridgehead atoms. The third-order valence-electron chi connectivity index (χ3n) is 3.51.